The van der Waals surface area contributed by atoms with E-state index in [1.165, 1.54) is 5.56 Å². The highest BCUT2D eigenvalue weighted by Crippen LogP contribution is 2.78. The predicted molar refractivity (Wildman–Crippen MR) is 323 cm³/mol. The monoisotopic (exact) mass is 1180 g/mol. The van der Waals surface area contributed by atoms with E-state index in [9.17, 15) is 9.18 Å². The van der Waals surface area contributed by atoms with E-state index in [0.29, 0.717) is 109 Å². The normalized spacial score (nSPS) is 45.9. The largest absolute Gasteiger partial charge is 0.353 e. The highest BCUT2D eigenvalue weighted by atomic mass is 19.1. The average Bonchev–Trinajstić information content (AvgIpc) is 0.691. The van der Waals surface area contributed by atoms with Crippen molar-refractivity contribution in [1.82, 2.24) is 31.9 Å². The molecule has 18 rings (SSSR count). The van der Waals surface area contributed by atoms with Gasteiger partial charge in [-0.2, -0.15) is 0 Å². The molecule has 3 saturated heterocycles. The fourth-order valence-electron chi connectivity index (χ4n) is 25.1. The fourth-order valence-corrected chi connectivity index (χ4v) is 25.1. The molecule has 12 aliphatic carbocycles. The Morgan fingerprint density at radius 1 is 0.465 bits per heavy atom. The molecule has 3 aliphatic heterocycles. The molecule has 12 bridgehead atoms. The smallest absolute Gasteiger partial charge is 0.226 e. The summed E-state index contributed by atoms with van der Waals surface area (Å²) in [5.74, 6) is 0.155. The van der Waals surface area contributed by atoms with Crippen molar-refractivity contribution in [3.05, 3.63) is 107 Å². The Morgan fingerprint density at radius 2 is 0.907 bits per heavy atom. The van der Waals surface area contributed by atoms with E-state index in [0.717, 1.165) is 93.0 Å². The van der Waals surface area contributed by atoms with Crippen molar-refractivity contribution in [3.63, 3.8) is 0 Å². The first-order valence-corrected chi connectivity index (χ1v) is 33.6. The number of carbonyl (C=O) groups excluding carboxylic acids is 3. The van der Waals surface area contributed by atoms with Gasteiger partial charge in [-0.3, -0.25) is 27.6 Å². The Balaban J connectivity index is 0.800. The summed E-state index contributed by atoms with van der Waals surface area (Å²) in [5.41, 5.74) is -0.397. The van der Waals surface area contributed by atoms with Crippen LogP contribution in [-0.2, 0) is 41.5 Å². The molecule has 6 N–H and O–H groups in total. The van der Waals surface area contributed by atoms with E-state index in [1.54, 1.807) is 0 Å². The third kappa shape index (κ3) is 9.17. The maximum Gasteiger partial charge on any atom is 0.226 e. The van der Waals surface area contributed by atoms with Crippen molar-refractivity contribution in [2.24, 2.45) is 38.4 Å². The lowest BCUT2D eigenvalue weighted by Crippen LogP contribution is -2.68. The molecule has 0 aromatic heterocycles. The second kappa shape index (κ2) is 20.6. The molecule has 15 aliphatic rings. The van der Waals surface area contributed by atoms with Crippen LogP contribution in [0.1, 0.15) is 189 Å². The van der Waals surface area contributed by atoms with Gasteiger partial charge < -0.3 is 31.9 Å². The van der Waals surface area contributed by atoms with Crippen LogP contribution in [0.2, 0.25) is 0 Å². The highest BCUT2D eigenvalue weighted by Gasteiger charge is 2.73. The van der Waals surface area contributed by atoms with Gasteiger partial charge in [0.05, 0.1) is 48.4 Å². The molecule has 14 heteroatoms. The molecule has 86 heavy (non-hydrogen) atoms. The van der Waals surface area contributed by atoms with Crippen molar-refractivity contribution < 1.29 is 36.3 Å². The van der Waals surface area contributed by atoms with Crippen LogP contribution in [0.3, 0.4) is 0 Å². The van der Waals surface area contributed by atoms with Crippen molar-refractivity contribution in [3.8, 4) is 0 Å². The van der Waals surface area contributed by atoms with Gasteiger partial charge in [-0.05, 0) is 252 Å². The average molecular weight is 1190 g/mol. The van der Waals surface area contributed by atoms with Crippen LogP contribution < -0.4 is 31.9 Å². The Morgan fingerprint density at radius 3 is 1.42 bits per heavy atom. The Bertz CT molecular complexity index is 3120. The van der Waals surface area contributed by atoms with E-state index in [1.807, 2.05) is 6.07 Å². The predicted octanol–water partition coefficient (Wildman–Crippen LogP) is 11.5. The summed E-state index contributed by atoms with van der Waals surface area (Å²) in [4.78, 5) is 45.7. The Kier molecular flexibility index (Phi) is 13.9. The summed E-state index contributed by atoms with van der Waals surface area (Å²) in [7, 11) is 0. The topological polar surface area (TPSA) is 123 Å². The molecule has 6 unspecified atom stereocenters. The number of hydrogen-bond acceptors (Lipinski definition) is 6. The molecule has 0 radical (unpaired) electrons. The second-order valence-corrected chi connectivity index (χ2v) is 32.6. The van der Waals surface area contributed by atoms with Gasteiger partial charge in [0.1, 0.15) is 12.3 Å². The number of halogens is 5. The van der Waals surface area contributed by atoms with Gasteiger partial charge in [-0.1, -0.05) is 78.9 Å². The second-order valence-electron chi connectivity index (χ2n) is 32.6. The quantitative estimate of drug-likeness (QED) is 0.0795. The van der Waals surface area contributed by atoms with Gasteiger partial charge in [0.25, 0.3) is 0 Å². The van der Waals surface area contributed by atoms with Gasteiger partial charge in [-0.25, -0.2) is 8.78 Å². The Hall–Kier alpha value is -4.40. The van der Waals surface area contributed by atoms with Crippen LogP contribution in [0, 0.1) is 38.4 Å². The lowest BCUT2D eigenvalue weighted by molar-refractivity contribution is -0.172. The van der Waals surface area contributed by atoms with Crippen molar-refractivity contribution >= 4 is 17.7 Å². The number of rotatable bonds is 16. The standard InChI is InChI=1S/C72H93F5N6O3/c1-47-25-54(15-24-80-47)81-60(85)72-38-64(46-75)36-69(44-72,49-5-3-2-4-6-49)41-70(37-64,45-72)53-13-11-52(12-14-53)68-34-63(19-21-74)33-67(40-68,42-71(35-63,43-68)61(86)83-58-17-23-79-30-56(58)77)51-9-7-50(8-10-51)65-27-48-26-62(31-65,18-20-73)32-66(28-48,39-65)59(84)82-57-16-22-78-29-55(57)76/h2-14,47-48,54-58,78-80H,15-46H2,1H3,(H,81,85)(H,82,84)(H,83,86)/t47-,48?,54+,55-,56+,57-,58+,62-,63-,64-,65-,66?,67?,68+,69+,70?,71?,72?/m1/s1. The van der Waals surface area contributed by atoms with Crippen LogP contribution in [0.4, 0.5) is 22.0 Å². The molecule has 3 aromatic carbocycles. The maximum absolute atomic E-state index is 16.4. The van der Waals surface area contributed by atoms with E-state index in [4.69, 9.17) is 0 Å². The third-order valence-electron chi connectivity index (χ3n) is 26.5. The van der Waals surface area contributed by atoms with Gasteiger partial charge in [0.15, 0.2) is 0 Å². The van der Waals surface area contributed by atoms with Crippen LogP contribution in [0.5, 0.6) is 0 Å². The number of carbonyl (C=O) groups is 3. The molecule has 3 aromatic rings. The molecule has 18 atom stereocenters. The zero-order valence-electron chi connectivity index (χ0n) is 50.8. The molecule has 3 heterocycles. The molecule has 464 valence electrons. The van der Waals surface area contributed by atoms with Crippen LogP contribution >= 0.6 is 0 Å². The lowest BCUT2D eigenvalue weighted by Gasteiger charge is -2.71. The van der Waals surface area contributed by atoms with E-state index < -0.39 is 87.8 Å². The zero-order chi connectivity index (χ0) is 59.2. The maximum atomic E-state index is 16.4. The fraction of sp³-hybridized carbons (Fsp3) is 0.708. The summed E-state index contributed by atoms with van der Waals surface area (Å²) in [5, 5.41) is 19.9. The molecule has 9 nitrogen and oxygen atoms in total. The first kappa shape index (κ1) is 58.0. The van der Waals surface area contributed by atoms with Crippen LogP contribution in [0.25, 0.3) is 0 Å². The molecular formula is C72H93F5N6O3. The third-order valence-corrected chi connectivity index (χ3v) is 26.5. The van der Waals surface area contributed by atoms with E-state index in [-0.39, 0.29) is 59.0 Å². The summed E-state index contributed by atoms with van der Waals surface area (Å²) in [6, 6.07) is 28.1. The van der Waals surface area contributed by atoms with Gasteiger partial charge in [0.2, 0.25) is 17.7 Å². The van der Waals surface area contributed by atoms with Crippen LogP contribution in [-0.4, -0.2) is 107 Å². The lowest BCUT2D eigenvalue weighted by atomic mass is 9.32. The van der Waals surface area contributed by atoms with Gasteiger partial charge in [-0.15, -0.1) is 0 Å². The van der Waals surface area contributed by atoms with Crippen LogP contribution in [0.15, 0.2) is 78.9 Å². The summed E-state index contributed by atoms with van der Waals surface area (Å²) < 4.78 is 78.0. The first-order chi connectivity index (χ1) is 41.3. The van der Waals surface area contributed by atoms with E-state index >= 15 is 27.2 Å². The molecule has 0 spiro atoms. The highest BCUT2D eigenvalue weighted by molar-refractivity contribution is 5.86. The molecule has 3 amide bonds. The number of nitrogens with one attached hydrogen (secondary N) is 6. The molecule has 15 fully saturated rings. The minimum absolute atomic E-state index is 0.0640. The summed E-state index contributed by atoms with van der Waals surface area (Å²) in [6.07, 6.45) is 13.8. The summed E-state index contributed by atoms with van der Waals surface area (Å²) in [6.45, 7) is 3.24. The van der Waals surface area contributed by atoms with Crippen molar-refractivity contribution in [2.45, 2.75) is 225 Å². The van der Waals surface area contributed by atoms with Gasteiger partial charge >= 0.3 is 0 Å². The Labute approximate surface area is 506 Å². The van der Waals surface area contributed by atoms with Crippen molar-refractivity contribution in [1.29, 1.82) is 0 Å². The summed E-state index contributed by atoms with van der Waals surface area (Å²) >= 11 is 0. The number of alkyl halides is 5. The minimum atomic E-state index is -1.23. The molecular weight excluding hydrogens is 1090 g/mol. The number of piperidine rings is 3. The minimum Gasteiger partial charge on any atom is -0.353 e. The number of hydrogen-bond donors (Lipinski definition) is 6. The van der Waals surface area contributed by atoms with Gasteiger partial charge in [0, 0.05) is 30.6 Å². The number of benzene rings is 3. The molecule has 12 saturated carbocycles. The first-order valence-electron chi connectivity index (χ1n) is 33.6. The number of amides is 3. The SMILES string of the molecule is C[C@@H]1C[C@@H](NC(=O)C23CC4(c5ccc([C@@]67CC8(C(=O)N[C@H]9CCNC[C@@H]9F)CC(c9ccc([C@]%10%11CC%12CC(C(=O)N[C@@H]%13CCNC[C@H]%13F)(C[C@](CCF)(C%12)C%10)C%11)cc9)(C[C@@](CCF)(C8)C6)C7)cc5)C[C@@](CF)(C2)C[C@@](c2ccccc2)(C3)C4)CCN1. The van der Waals surface area contributed by atoms with Crippen molar-refractivity contribution in [2.75, 3.05) is 52.7 Å². The van der Waals surface area contributed by atoms with E-state index in [2.05, 4.69) is 112 Å². The zero-order valence-corrected chi connectivity index (χ0v) is 50.8.